The molecule has 6 heteroatoms. The van der Waals surface area contributed by atoms with E-state index in [-0.39, 0.29) is 10.5 Å². The molecule has 0 unspecified atom stereocenters. The lowest BCUT2D eigenvalue weighted by molar-refractivity contribution is 0.574. The molecule has 2 N–H and O–H groups in total. The molecule has 12 heavy (non-hydrogen) atoms. The summed E-state index contributed by atoms with van der Waals surface area (Å²) in [5.74, 6) is -0.722. The number of pyridine rings is 1. The van der Waals surface area contributed by atoms with Gasteiger partial charge < -0.3 is 0 Å². The average molecular weight is 190 g/mol. The lowest BCUT2D eigenvalue weighted by Gasteiger charge is -2.00. The van der Waals surface area contributed by atoms with Gasteiger partial charge in [-0.2, -0.15) is 4.39 Å². The number of nitrogens with zero attached hydrogens (tertiary/aromatic N) is 1. The first-order valence-corrected chi connectivity index (χ1v) is 4.61. The fraction of sp³-hybridized carbons (Fsp3) is 0.167. The van der Waals surface area contributed by atoms with Crippen molar-refractivity contribution in [2.24, 2.45) is 5.14 Å². The monoisotopic (exact) mass is 190 g/mol. The first kappa shape index (κ1) is 9.08. The van der Waals surface area contributed by atoms with Gasteiger partial charge in [-0.25, -0.2) is 18.5 Å². The molecule has 0 atom stereocenters. The van der Waals surface area contributed by atoms with Crippen molar-refractivity contribution in [3.8, 4) is 0 Å². The van der Waals surface area contributed by atoms with E-state index < -0.39 is 16.0 Å². The minimum absolute atomic E-state index is 0.149. The minimum Gasteiger partial charge on any atom is -0.227 e. The number of aromatic nitrogens is 1. The van der Waals surface area contributed by atoms with Crippen molar-refractivity contribution in [3.63, 3.8) is 0 Å². The van der Waals surface area contributed by atoms with Crippen LogP contribution in [0.2, 0.25) is 0 Å². The Morgan fingerprint density at radius 3 is 2.58 bits per heavy atom. The molecule has 0 aliphatic rings. The summed E-state index contributed by atoms with van der Waals surface area (Å²) in [7, 11) is -3.78. The van der Waals surface area contributed by atoms with Crippen molar-refractivity contribution in [2.45, 2.75) is 11.8 Å². The molecule has 1 aromatic rings. The lowest BCUT2D eigenvalue weighted by Crippen LogP contribution is -2.14. The first-order chi connectivity index (χ1) is 5.41. The van der Waals surface area contributed by atoms with Gasteiger partial charge in [0.2, 0.25) is 16.0 Å². The molecule has 0 amide bonds. The van der Waals surface area contributed by atoms with Crippen molar-refractivity contribution >= 4 is 10.0 Å². The van der Waals surface area contributed by atoms with Crippen LogP contribution in [0.25, 0.3) is 0 Å². The molecular weight excluding hydrogens is 183 g/mol. The summed E-state index contributed by atoms with van der Waals surface area (Å²) in [6, 6.07) is 1.01. The van der Waals surface area contributed by atoms with Gasteiger partial charge in [-0.1, -0.05) is 0 Å². The van der Waals surface area contributed by atoms with Crippen LogP contribution in [0.5, 0.6) is 0 Å². The fourth-order valence-corrected chi connectivity index (χ4v) is 1.51. The van der Waals surface area contributed by atoms with E-state index in [0.29, 0.717) is 0 Å². The van der Waals surface area contributed by atoms with Crippen LogP contribution in [-0.2, 0) is 10.0 Å². The smallest absolute Gasteiger partial charge is 0.227 e. The third-order valence-electron chi connectivity index (χ3n) is 1.34. The summed E-state index contributed by atoms with van der Waals surface area (Å²) in [6.07, 6.45) is 0.903. The van der Waals surface area contributed by atoms with Crippen LogP contribution >= 0.6 is 0 Å². The van der Waals surface area contributed by atoms with Crippen LogP contribution in [0.15, 0.2) is 17.2 Å². The molecule has 1 aromatic heterocycles. The molecule has 0 aliphatic heterocycles. The highest BCUT2D eigenvalue weighted by Crippen LogP contribution is 2.11. The number of halogens is 1. The molecule has 0 aliphatic carbocycles. The highest BCUT2D eigenvalue weighted by Gasteiger charge is 2.11. The summed E-state index contributed by atoms with van der Waals surface area (Å²) < 4.78 is 33.9. The normalized spacial score (nSPS) is 11.6. The Morgan fingerprint density at radius 1 is 1.58 bits per heavy atom. The number of primary sulfonamides is 1. The molecule has 0 saturated heterocycles. The Bertz CT molecular complexity index is 402. The number of aryl methyl sites for hydroxylation is 1. The second kappa shape index (κ2) is 2.80. The number of sulfonamides is 1. The number of hydrogen-bond donors (Lipinski definition) is 1. The number of rotatable bonds is 1. The van der Waals surface area contributed by atoms with Crippen LogP contribution < -0.4 is 5.14 Å². The fourth-order valence-electron chi connectivity index (χ4n) is 0.807. The van der Waals surface area contributed by atoms with E-state index in [1.165, 1.54) is 6.92 Å². The van der Waals surface area contributed by atoms with Crippen LogP contribution in [0.1, 0.15) is 5.56 Å². The van der Waals surface area contributed by atoms with Gasteiger partial charge in [0.15, 0.2) is 0 Å². The predicted molar refractivity (Wildman–Crippen MR) is 40.3 cm³/mol. The third-order valence-corrected chi connectivity index (χ3v) is 2.38. The zero-order chi connectivity index (χ0) is 9.35. The quantitative estimate of drug-likeness (QED) is 0.642. The summed E-state index contributed by atoms with van der Waals surface area (Å²) in [5.41, 5.74) is 0.255. The standard InChI is InChI=1S/C6H7FN2O2S/c1-4-2-6(7)9-3-5(4)12(8,10)11/h2-3H,1H3,(H2,8,10,11). The van der Waals surface area contributed by atoms with Gasteiger partial charge in [0.05, 0.1) is 6.20 Å². The zero-order valence-corrected chi connectivity index (χ0v) is 7.10. The molecule has 66 valence electrons. The van der Waals surface area contributed by atoms with E-state index >= 15 is 0 Å². The van der Waals surface area contributed by atoms with E-state index in [1.54, 1.807) is 0 Å². The Labute approximate surface area is 69.3 Å². The first-order valence-electron chi connectivity index (χ1n) is 3.06. The van der Waals surface area contributed by atoms with Crippen molar-refractivity contribution in [3.05, 3.63) is 23.8 Å². The van der Waals surface area contributed by atoms with Crippen LogP contribution in [-0.4, -0.2) is 13.4 Å². The van der Waals surface area contributed by atoms with Gasteiger partial charge in [0.25, 0.3) is 0 Å². The largest absolute Gasteiger partial charge is 0.239 e. The average Bonchev–Trinajstić information content (AvgIpc) is 1.83. The Kier molecular flexibility index (Phi) is 2.12. The molecule has 0 spiro atoms. The third kappa shape index (κ3) is 1.77. The highest BCUT2D eigenvalue weighted by molar-refractivity contribution is 7.89. The Morgan fingerprint density at radius 2 is 2.17 bits per heavy atom. The summed E-state index contributed by atoms with van der Waals surface area (Å²) in [4.78, 5) is 3.03. The molecule has 1 rings (SSSR count). The van der Waals surface area contributed by atoms with Gasteiger partial charge in [-0.3, -0.25) is 0 Å². The van der Waals surface area contributed by atoms with Crippen molar-refractivity contribution in [1.29, 1.82) is 0 Å². The number of nitrogens with two attached hydrogens (primary N) is 1. The summed E-state index contributed by atoms with van der Waals surface area (Å²) in [6.45, 7) is 1.45. The van der Waals surface area contributed by atoms with Gasteiger partial charge >= 0.3 is 0 Å². The maximum atomic E-state index is 12.4. The van der Waals surface area contributed by atoms with E-state index in [2.05, 4.69) is 4.98 Å². The van der Waals surface area contributed by atoms with Crippen LogP contribution in [0, 0.1) is 12.9 Å². The molecule has 0 bridgehead atoms. The Hall–Kier alpha value is -1.01. The van der Waals surface area contributed by atoms with Crippen LogP contribution in [0.4, 0.5) is 4.39 Å². The van der Waals surface area contributed by atoms with E-state index in [4.69, 9.17) is 5.14 Å². The Balaban J connectivity index is 3.39. The molecule has 0 saturated carbocycles. The van der Waals surface area contributed by atoms with E-state index in [9.17, 15) is 12.8 Å². The van der Waals surface area contributed by atoms with E-state index in [1.807, 2.05) is 0 Å². The highest BCUT2D eigenvalue weighted by atomic mass is 32.2. The van der Waals surface area contributed by atoms with Crippen molar-refractivity contribution < 1.29 is 12.8 Å². The van der Waals surface area contributed by atoms with Crippen molar-refractivity contribution in [2.75, 3.05) is 0 Å². The van der Waals surface area contributed by atoms with Gasteiger partial charge in [-0.05, 0) is 18.6 Å². The molecule has 0 aromatic carbocycles. The van der Waals surface area contributed by atoms with Gasteiger partial charge in [0, 0.05) is 0 Å². The molecular formula is C6H7FN2O2S. The number of hydrogen-bond acceptors (Lipinski definition) is 3. The SMILES string of the molecule is Cc1cc(F)ncc1S(N)(=O)=O. The lowest BCUT2D eigenvalue weighted by atomic mass is 10.3. The topological polar surface area (TPSA) is 73.0 Å². The summed E-state index contributed by atoms with van der Waals surface area (Å²) >= 11 is 0. The maximum absolute atomic E-state index is 12.4. The van der Waals surface area contributed by atoms with E-state index in [0.717, 1.165) is 12.3 Å². The van der Waals surface area contributed by atoms with Crippen LogP contribution in [0.3, 0.4) is 0 Å². The van der Waals surface area contributed by atoms with Gasteiger partial charge in [0.1, 0.15) is 4.90 Å². The maximum Gasteiger partial charge on any atom is 0.239 e. The zero-order valence-electron chi connectivity index (χ0n) is 6.28. The summed E-state index contributed by atoms with van der Waals surface area (Å²) in [5, 5.41) is 4.82. The molecule has 4 nitrogen and oxygen atoms in total. The predicted octanol–water partition coefficient (Wildman–Crippen LogP) is 0.177. The second-order valence-electron chi connectivity index (χ2n) is 2.32. The van der Waals surface area contributed by atoms with Crippen molar-refractivity contribution in [1.82, 2.24) is 4.98 Å². The molecule has 0 fully saturated rings. The van der Waals surface area contributed by atoms with Gasteiger partial charge in [-0.15, -0.1) is 0 Å². The molecule has 0 radical (unpaired) electrons. The second-order valence-corrected chi connectivity index (χ2v) is 3.85. The molecule has 1 heterocycles. The minimum atomic E-state index is -3.78.